The third-order valence-corrected chi connectivity index (χ3v) is 3.72. The number of nitrogens with one attached hydrogen (secondary N) is 1. The lowest BCUT2D eigenvalue weighted by Gasteiger charge is -2.15. The van der Waals surface area contributed by atoms with Gasteiger partial charge in [-0.1, -0.05) is 30.3 Å². The molecule has 1 N–H and O–H groups in total. The second-order valence-corrected chi connectivity index (χ2v) is 5.13. The van der Waals surface area contributed by atoms with E-state index in [4.69, 9.17) is 0 Å². The molecule has 0 saturated carbocycles. The minimum absolute atomic E-state index is 0.0894. The van der Waals surface area contributed by atoms with Gasteiger partial charge in [-0.2, -0.15) is 13.2 Å². The van der Waals surface area contributed by atoms with E-state index in [9.17, 15) is 13.2 Å². The highest BCUT2D eigenvalue weighted by molar-refractivity contribution is 5.63. The van der Waals surface area contributed by atoms with E-state index >= 15 is 0 Å². The van der Waals surface area contributed by atoms with Gasteiger partial charge in [0.2, 0.25) is 0 Å². The fourth-order valence-electron chi connectivity index (χ4n) is 2.68. The van der Waals surface area contributed by atoms with Gasteiger partial charge in [-0.3, -0.25) is 0 Å². The Balaban J connectivity index is 1.92. The van der Waals surface area contributed by atoms with Crippen LogP contribution in [0, 0.1) is 6.92 Å². The predicted octanol–water partition coefficient (Wildman–Crippen LogP) is 4.72. The number of hydrogen-bond donors (Lipinski definition) is 1. The third kappa shape index (κ3) is 2.26. The average molecular weight is 277 g/mol. The normalized spacial score (nSPS) is 17.7. The highest BCUT2D eigenvalue weighted by atomic mass is 19.4. The Hall–Kier alpha value is -1.97. The summed E-state index contributed by atoms with van der Waals surface area (Å²) in [6, 6.07) is 11.5. The Morgan fingerprint density at radius 2 is 1.85 bits per heavy atom. The average Bonchev–Trinajstić information content (AvgIpc) is 2.83. The second kappa shape index (κ2) is 4.54. The van der Waals surface area contributed by atoms with Crippen LogP contribution in [0.15, 0.2) is 42.5 Å². The van der Waals surface area contributed by atoms with Gasteiger partial charge in [-0.05, 0) is 42.2 Å². The number of alkyl halides is 3. The predicted molar refractivity (Wildman–Crippen MR) is 72.7 cm³/mol. The van der Waals surface area contributed by atoms with Crippen LogP contribution in [0.1, 0.15) is 28.3 Å². The minimum Gasteiger partial charge on any atom is -0.377 e. The first-order chi connectivity index (χ1) is 9.45. The summed E-state index contributed by atoms with van der Waals surface area (Å²) in [5, 5.41) is 3.33. The lowest BCUT2D eigenvalue weighted by Crippen LogP contribution is -2.10. The van der Waals surface area contributed by atoms with Gasteiger partial charge in [0.15, 0.2) is 0 Å². The molecule has 1 heterocycles. The summed E-state index contributed by atoms with van der Waals surface area (Å²) in [6.45, 7) is 2.00. The zero-order valence-corrected chi connectivity index (χ0v) is 11.0. The zero-order valence-electron chi connectivity index (χ0n) is 11.0. The van der Waals surface area contributed by atoms with Crippen molar-refractivity contribution in [2.24, 2.45) is 0 Å². The molecule has 1 unspecified atom stereocenters. The van der Waals surface area contributed by atoms with E-state index in [-0.39, 0.29) is 6.04 Å². The molecule has 0 bridgehead atoms. The van der Waals surface area contributed by atoms with Gasteiger partial charge in [-0.25, -0.2) is 0 Å². The highest BCUT2D eigenvalue weighted by Crippen LogP contribution is 2.38. The van der Waals surface area contributed by atoms with Crippen LogP contribution in [0.25, 0.3) is 0 Å². The van der Waals surface area contributed by atoms with Gasteiger partial charge < -0.3 is 5.32 Å². The molecule has 2 aromatic carbocycles. The van der Waals surface area contributed by atoms with Gasteiger partial charge in [-0.15, -0.1) is 0 Å². The maximum atomic E-state index is 12.8. The van der Waals surface area contributed by atoms with Gasteiger partial charge in [0, 0.05) is 5.69 Å². The molecule has 104 valence electrons. The molecule has 0 fully saturated rings. The molecule has 0 radical (unpaired) electrons. The largest absolute Gasteiger partial charge is 0.416 e. The summed E-state index contributed by atoms with van der Waals surface area (Å²) in [5.74, 6) is 0. The van der Waals surface area contributed by atoms with Gasteiger partial charge in [0.25, 0.3) is 0 Å². The summed E-state index contributed by atoms with van der Waals surface area (Å²) in [7, 11) is 0. The van der Waals surface area contributed by atoms with Crippen molar-refractivity contribution in [3.05, 3.63) is 64.7 Å². The maximum absolute atomic E-state index is 12.8. The molecular formula is C16H14F3N. The number of fused-ring (bicyclic) bond motifs is 1. The van der Waals surface area contributed by atoms with E-state index in [2.05, 4.69) is 5.32 Å². The van der Waals surface area contributed by atoms with E-state index in [0.717, 1.165) is 29.3 Å². The molecule has 0 aliphatic carbocycles. The van der Waals surface area contributed by atoms with Gasteiger partial charge >= 0.3 is 6.18 Å². The van der Waals surface area contributed by atoms with Crippen molar-refractivity contribution in [2.45, 2.75) is 25.6 Å². The number of hydrogen-bond acceptors (Lipinski definition) is 1. The van der Waals surface area contributed by atoms with Crippen molar-refractivity contribution in [3.8, 4) is 0 Å². The van der Waals surface area contributed by atoms with E-state index in [1.165, 1.54) is 12.1 Å². The lowest BCUT2D eigenvalue weighted by molar-refractivity contribution is -0.137. The minimum atomic E-state index is -4.29. The quantitative estimate of drug-likeness (QED) is 0.795. The Kier molecular flexibility index (Phi) is 2.96. The number of anilines is 1. The molecule has 0 saturated heterocycles. The molecule has 1 aliphatic heterocycles. The van der Waals surface area contributed by atoms with Crippen LogP contribution in [0.5, 0.6) is 0 Å². The third-order valence-electron chi connectivity index (χ3n) is 3.72. The fraction of sp³-hybridized carbons (Fsp3) is 0.250. The van der Waals surface area contributed by atoms with Crippen molar-refractivity contribution in [1.82, 2.24) is 0 Å². The summed E-state index contributed by atoms with van der Waals surface area (Å²) < 4.78 is 38.3. The smallest absolute Gasteiger partial charge is 0.377 e. The standard InChI is InChI=1S/C16H14F3N/c1-10-4-2-6-12-9-14(20-15(10)12)11-5-3-7-13(8-11)16(17,18)19/h2-8,14,20H,9H2,1H3. The first kappa shape index (κ1) is 13.0. The lowest BCUT2D eigenvalue weighted by atomic mass is 10.0. The number of para-hydroxylation sites is 1. The van der Waals surface area contributed by atoms with Crippen LogP contribution in [-0.4, -0.2) is 0 Å². The Morgan fingerprint density at radius 1 is 1.10 bits per heavy atom. The Labute approximate surface area is 115 Å². The number of halogens is 3. The number of rotatable bonds is 1. The highest BCUT2D eigenvalue weighted by Gasteiger charge is 2.31. The van der Waals surface area contributed by atoms with Crippen LogP contribution in [0.2, 0.25) is 0 Å². The molecule has 1 atom stereocenters. The summed E-state index contributed by atoms with van der Waals surface area (Å²) >= 11 is 0. The number of benzene rings is 2. The molecule has 0 spiro atoms. The van der Waals surface area contributed by atoms with Crippen molar-refractivity contribution >= 4 is 5.69 Å². The summed E-state index contributed by atoms with van der Waals surface area (Å²) in [6.07, 6.45) is -3.57. The molecule has 1 aliphatic rings. The van der Waals surface area contributed by atoms with E-state index in [0.29, 0.717) is 5.56 Å². The van der Waals surface area contributed by atoms with Crippen molar-refractivity contribution < 1.29 is 13.2 Å². The van der Waals surface area contributed by atoms with E-state index < -0.39 is 11.7 Å². The Bertz CT molecular complexity index is 646. The number of aryl methyl sites for hydroxylation is 1. The first-order valence-corrected chi connectivity index (χ1v) is 6.47. The van der Waals surface area contributed by atoms with E-state index in [1.54, 1.807) is 6.07 Å². The zero-order chi connectivity index (χ0) is 14.3. The molecule has 2 aromatic rings. The maximum Gasteiger partial charge on any atom is 0.416 e. The van der Waals surface area contributed by atoms with Crippen molar-refractivity contribution in [1.29, 1.82) is 0 Å². The van der Waals surface area contributed by atoms with Crippen LogP contribution >= 0.6 is 0 Å². The molecule has 20 heavy (non-hydrogen) atoms. The molecular weight excluding hydrogens is 263 g/mol. The molecule has 1 nitrogen and oxygen atoms in total. The fourth-order valence-corrected chi connectivity index (χ4v) is 2.68. The topological polar surface area (TPSA) is 12.0 Å². The van der Waals surface area contributed by atoms with Crippen molar-refractivity contribution in [2.75, 3.05) is 5.32 Å². The monoisotopic (exact) mass is 277 g/mol. The molecule has 4 heteroatoms. The first-order valence-electron chi connectivity index (χ1n) is 6.47. The van der Waals surface area contributed by atoms with Gasteiger partial charge in [0.05, 0.1) is 11.6 Å². The van der Waals surface area contributed by atoms with E-state index in [1.807, 2.05) is 25.1 Å². The van der Waals surface area contributed by atoms with Crippen LogP contribution in [0.3, 0.4) is 0 Å². The van der Waals surface area contributed by atoms with Crippen LogP contribution in [0.4, 0.5) is 18.9 Å². The molecule has 0 aromatic heterocycles. The van der Waals surface area contributed by atoms with Crippen molar-refractivity contribution in [3.63, 3.8) is 0 Å². The SMILES string of the molecule is Cc1cccc2c1NC(c1cccc(C(F)(F)F)c1)C2. The summed E-state index contributed by atoms with van der Waals surface area (Å²) in [4.78, 5) is 0. The van der Waals surface area contributed by atoms with Crippen LogP contribution in [-0.2, 0) is 12.6 Å². The van der Waals surface area contributed by atoms with Gasteiger partial charge in [0.1, 0.15) is 0 Å². The Morgan fingerprint density at radius 3 is 2.55 bits per heavy atom. The molecule has 0 amide bonds. The van der Waals surface area contributed by atoms with Crippen LogP contribution < -0.4 is 5.32 Å². The summed E-state index contributed by atoms with van der Waals surface area (Å²) in [5.41, 5.74) is 3.42. The second-order valence-electron chi connectivity index (χ2n) is 5.13. The molecule has 3 rings (SSSR count).